The van der Waals surface area contributed by atoms with E-state index in [1.165, 1.54) is 64.2 Å². The van der Waals surface area contributed by atoms with Crippen LogP contribution in [0.15, 0.2) is 36.5 Å². The number of benzene rings is 1. The predicted molar refractivity (Wildman–Crippen MR) is 196 cm³/mol. The standard InChI is InChI=1S/C37H62N8O5/c1-2-3-4-5-6-7-8-9-10-11-12-13-17-20-33(47)43-29(22-21-28-26-41-37(40)42-28)35(49)44-30(23-24-32(38)46)36(50)45-31(34(39)48)25-27-18-15-14-16-19-27/h14-16,18-19,26,29-31,33,43,47H,2-13,17,20-25H2,1H3,(H2,38,46)(H2,39,48)(H,44,49)(H,45,50)(H3,40,41,42)/t29-,30-,31-,33?/m0/s1. The Morgan fingerprint density at radius 3 is 1.86 bits per heavy atom. The first kappa shape index (κ1) is 42.2. The van der Waals surface area contributed by atoms with Crippen molar-refractivity contribution in [1.82, 2.24) is 25.9 Å². The maximum Gasteiger partial charge on any atom is 0.243 e. The number of nitrogens with zero attached hydrogens (tertiary/aromatic N) is 1. The van der Waals surface area contributed by atoms with E-state index in [1.54, 1.807) is 18.3 Å². The monoisotopic (exact) mass is 698 g/mol. The molecule has 0 bridgehead atoms. The number of H-pyrrole nitrogens is 1. The minimum Gasteiger partial charge on any atom is -0.379 e. The Bertz CT molecular complexity index is 1260. The van der Waals surface area contributed by atoms with Gasteiger partial charge in [0.2, 0.25) is 23.6 Å². The van der Waals surface area contributed by atoms with Crippen molar-refractivity contribution < 1.29 is 24.3 Å². The van der Waals surface area contributed by atoms with Gasteiger partial charge in [-0.1, -0.05) is 114 Å². The molecule has 4 atom stereocenters. The molecule has 1 aromatic carbocycles. The molecule has 1 heterocycles. The molecular formula is C37H62N8O5. The number of amides is 4. The maximum absolute atomic E-state index is 13.6. The molecule has 0 aliphatic heterocycles. The quantitative estimate of drug-likeness (QED) is 0.0461. The van der Waals surface area contributed by atoms with E-state index < -0.39 is 48.0 Å². The number of aryl methyl sites for hydroxylation is 1. The molecule has 2 aromatic rings. The molecule has 50 heavy (non-hydrogen) atoms. The predicted octanol–water partition coefficient (Wildman–Crippen LogP) is 3.65. The molecule has 13 heteroatoms. The molecule has 0 saturated carbocycles. The van der Waals surface area contributed by atoms with Gasteiger partial charge in [-0.2, -0.15) is 0 Å². The first-order chi connectivity index (χ1) is 24.1. The summed E-state index contributed by atoms with van der Waals surface area (Å²) in [5, 5.41) is 19.2. The van der Waals surface area contributed by atoms with Crippen molar-refractivity contribution in [1.29, 1.82) is 0 Å². The highest BCUT2D eigenvalue weighted by Crippen LogP contribution is 2.14. The second-order valence-electron chi connectivity index (χ2n) is 13.3. The Balaban J connectivity index is 1.93. The van der Waals surface area contributed by atoms with Crippen LogP contribution in [0.4, 0.5) is 5.95 Å². The smallest absolute Gasteiger partial charge is 0.243 e. The van der Waals surface area contributed by atoms with Gasteiger partial charge in [-0.25, -0.2) is 4.98 Å². The third kappa shape index (κ3) is 18.7. The molecular weight excluding hydrogens is 636 g/mol. The summed E-state index contributed by atoms with van der Waals surface area (Å²) in [6.45, 7) is 2.24. The van der Waals surface area contributed by atoms with Crippen LogP contribution in [-0.4, -0.2) is 63.1 Å². The van der Waals surface area contributed by atoms with Crippen LogP contribution in [0.5, 0.6) is 0 Å². The highest BCUT2D eigenvalue weighted by molar-refractivity contribution is 5.93. The molecule has 280 valence electrons. The zero-order chi connectivity index (χ0) is 36.6. The Morgan fingerprint density at radius 2 is 1.32 bits per heavy atom. The molecule has 0 aliphatic carbocycles. The van der Waals surface area contributed by atoms with Crippen molar-refractivity contribution in [3.05, 3.63) is 47.8 Å². The van der Waals surface area contributed by atoms with Crippen molar-refractivity contribution in [2.24, 2.45) is 11.5 Å². The van der Waals surface area contributed by atoms with E-state index in [1.807, 2.05) is 18.2 Å². The lowest BCUT2D eigenvalue weighted by Gasteiger charge is -2.26. The van der Waals surface area contributed by atoms with Gasteiger partial charge in [0.15, 0.2) is 5.95 Å². The van der Waals surface area contributed by atoms with Crippen LogP contribution in [0.1, 0.15) is 127 Å². The number of nitrogen functional groups attached to an aromatic ring is 1. The van der Waals surface area contributed by atoms with Crippen molar-refractivity contribution in [3.63, 3.8) is 0 Å². The summed E-state index contributed by atoms with van der Waals surface area (Å²) >= 11 is 0. The molecule has 0 spiro atoms. The third-order valence-corrected chi connectivity index (χ3v) is 8.90. The number of rotatable bonds is 29. The third-order valence-electron chi connectivity index (χ3n) is 8.90. The Hall–Kier alpha value is -3.97. The molecule has 4 amide bonds. The number of primary amides is 2. The Labute approximate surface area is 297 Å². The first-order valence-electron chi connectivity index (χ1n) is 18.5. The van der Waals surface area contributed by atoms with Crippen LogP contribution in [0, 0.1) is 0 Å². The number of aliphatic hydroxyl groups excluding tert-OH is 1. The fraction of sp³-hybridized carbons (Fsp3) is 0.649. The van der Waals surface area contributed by atoms with Gasteiger partial charge >= 0.3 is 0 Å². The van der Waals surface area contributed by atoms with Crippen molar-refractivity contribution in [2.45, 2.75) is 153 Å². The van der Waals surface area contributed by atoms with E-state index in [9.17, 15) is 24.3 Å². The molecule has 0 radical (unpaired) electrons. The number of aromatic nitrogens is 2. The molecule has 0 aliphatic rings. The zero-order valence-electron chi connectivity index (χ0n) is 30.0. The number of hydrogen-bond donors (Lipinski definition) is 8. The zero-order valence-corrected chi connectivity index (χ0v) is 30.0. The van der Waals surface area contributed by atoms with Gasteiger partial charge in [-0.15, -0.1) is 0 Å². The normalized spacial score (nSPS) is 13.6. The van der Waals surface area contributed by atoms with Gasteiger partial charge in [0.05, 0.1) is 12.2 Å². The summed E-state index contributed by atoms with van der Waals surface area (Å²) in [6.07, 6.45) is 17.5. The summed E-state index contributed by atoms with van der Waals surface area (Å²) in [5.41, 5.74) is 18.2. The van der Waals surface area contributed by atoms with Crippen LogP contribution in [0.2, 0.25) is 0 Å². The second kappa shape index (κ2) is 25.1. The minimum atomic E-state index is -1.18. The van der Waals surface area contributed by atoms with Gasteiger partial charge in [0.25, 0.3) is 0 Å². The van der Waals surface area contributed by atoms with Crippen LogP contribution in [0.3, 0.4) is 0 Å². The highest BCUT2D eigenvalue weighted by atomic mass is 16.3. The van der Waals surface area contributed by atoms with E-state index in [0.29, 0.717) is 18.5 Å². The fourth-order valence-electron chi connectivity index (χ4n) is 5.94. The van der Waals surface area contributed by atoms with Crippen LogP contribution in [-0.2, 0) is 32.0 Å². The molecule has 11 N–H and O–H groups in total. The fourth-order valence-corrected chi connectivity index (χ4v) is 5.94. The van der Waals surface area contributed by atoms with E-state index in [0.717, 1.165) is 24.8 Å². The number of imidazole rings is 1. The largest absolute Gasteiger partial charge is 0.379 e. The van der Waals surface area contributed by atoms with E-state index in [-0.39, 0.29) is 31.6 Å². The van der Waals surface area contributed by atoms with Crippen LogP contribution >= 0.6 is 0 Å². The second-order valence-corrected chi connectivity index (χ2v) is 13.3. The van der Waals surface area contributed by atoms with Crippen LogP contribution in [0.25, 0.3) is 0 Å². The number of carbonyl (C=O) groups excluding carboxylic acids is 4. The maximum atomic E-state index is 13.6. The van der Waals surface area contributed by atoms with Crippen molar-refractivity contribution in [3.8, 4) is 0 Å². The number of hydrogen-bond acceptors (Lipinski definition) is 8. The van der Waals surface area contributed by atoms with Gasteiger partial charge in [0, 0.05) is 18.5 Å². The van der Waals surface area contributed by atoms with Gasteiger partial charge in [-0.05, 0) is 37.7 Å². The van der Waals surface area contributed by atoms with Gasteiger partial charge in [0.1, 0.15) is 18.3 Å². The Morgan fingerprint density at radius 1 is 0.760 bits per heavy atom. The van der Waals surface area contributed by atoms with Gasteiger partial charge < -0.3 is 37.9 Å². The SMILES string of the molecule is CCCCCCCCCCCCCCCC(O)N[C@@H](CCc1cnc(N)[nH]1)C(=O)N[C@@H](CCC(N)=O)C(=O)N[C@@H](Cc1ccccc1)C(N)=O. The number of nitrogens with two attached hydrogens (primary N) is 3. The molecule has 2 rings (SSSR count). The lowest BCUT2D eigenvalue weighted by Crippen LogP contribution is -2.57. The van der Waals surface area contributed by atoms with E-state index in [4.69, 9.17) is 17.2 Å². The van der Waals surface area contributed by atoms with Crippen LogP contribution < -0.4 is 33.2 Å². The molecule has 0 fully saturated rings. The van der Waals surface area contributed by atoms with Crippen molar-refractivity contribution >= 4 is 29.6 Å². The number of anilines is 1. The lowest BCUT2D eigenvalue weighted by atomic mass is 10.0. The van der Waals surface area contributed by atoms with Gasteiger partial charge in [-0.3, -0.25) is 24.5 Å². The average molecular weight is 699 g/mol. The number of aromatic amines is 1. The van der Waals surface area contributed by atoms with E-state index >= 15 is 0 Å². The lowest BCUT2D eigenvalue weighted by molar-refractivity contribution is -0.133. The topological polar surface area (TPSA) is 231 Å². The summed E-state index contributed by atoms with van der Waals surface area (Å²) < 4.78 is 0. The van der Waals surface area contributed by atoms with Crippen molar-refractivity contribution in [2.75, 3.05) is 5.73 Å². The number of aliphatic hydroxyl groups is 1. The summed E-state index contributed by atoms with van der Waals surface area (Å²) in [4.78, 5) is 57.8. The average Bonchev–Trinajstić information content (AvgIpc) is 3.51. The molecule has 1 unspecified atom stereocenters. The number of carbonyl (C=O) groups is 4. The Kier molecular flexibility index (Phi) is 21.1. The minimum absolute atomic E-state index is 0.0883. The molecule has 0 saturated heterocycles. The highest BCUT2D eigenvalue weighted by Gasteiger charge is 2.29. The number of unbranched alkanes of at least 4 members (excludes halogenated alkanes) is 12. The molecule has 1 aromatic heterocycles. The number of nitrogens with one attached hydrogen (secondary N) is 4. The first-order valence-corrected chi connectivity index (χ1v) is 18.5. The summed E-state index contributed by atoms with van der Waals surface area (Å²) in [6, 6.07) is 5.95. The summed E-state index contributed by atoms with van der Waals surface area (Å²) in [7, 11) is 0. The summed E-state index contributed by atoms with van der Waals surface area (Å²) in [5.74, 6) is -2.36. The molecule has 13 nitrogen and oxygen atoms in total. The van der Waals surface area contributed by atoms with E-state index in [2.05, 4.69) is 32.8 Å².